The van der Waals surface area contributed by atoms with Gasteiger partial charge in [0.2, 0.25) is 5.96 Å². The van der Waals surface area contributed by atoms with Crippen LogP contribution in [0.3, 0.4) is 0 Å². The fraction of sp³-hybridized carbons (Fsp3) is 0.235. The van der Waals surface area contributed by atoms with E-state index in [0.717, 1.165) is 12.8 Å². The van der Waals surface area contributed by atoms with E-state index in [1.807, 2.05) is 0 Å². The Labute approximate surface area is 150 Å². The summed E-state index contributed by atoms with van der Waals surface area (Å²) in [5, 5.41) is 3.48. The largest absolute Gasteiger partial charge is 0.454 e. The maximum atomic E-state index is 12.5. The molecule has 0 amide bonds. The normalized spacial score (nSPS) is 19.6. The number of para-hydroxylation sites is 2. The predicted octanol–water partition coefficient (Wildman–Crippen LogP) is 3.60. The molecule has 4 rings (SSSR count). The van der Waals surface area contributed by atoms with Gasteiger partial charge in [0.05, 0.1) is 5.02 Å². The van der Waals surface area contributed by atoms with Crippen LogP contribution < -0.4 is 14.8 Å². The van der Waals surface area contributed by atoms with Crippen molar-refractivity contribution in [3.8, 4) is 11.5 Å². The van der Waals surface area contributed by atoms with Gasteiger partial charge in [0, 0.05) is 6.54 Å². The maximum Gasteiger partial charge on any atom is 0.266 e. The van der Waals surface area contributed by atoms with Gasteiger partial charge in [-0.05, 0) is 43.0 Å². The van der Waals surface area contributed by atoms with Gasteiger partial charge in [0.25, 0.3) is 10.0 Å². The molecule has 0 bridgehead atoms. The molecule has 1 aliphatic carbocycles. The van der Waals surface area contributed by atoms with E-state index in [0.29, 0.717) is 34.7 Å². The van der Waals surface area contributed by atoms with Crippen LogP contribution in [0.15, 0.2) is 52.4 Å². The van der Waals surface area contributed by atoms with Crippen LogP contribution in [0.4, 0.5) is 5.69 Å². The van der Waals surface area contributed by atoms with Gasteiger partial charge >= 0.3 is 0 Å². The fourth-order valence-corrected chi connectivity index (χ4v) is 3.84. The number of anilines is 1. The first-order valence-electron chi connectivity index (χ1n) is 7.92. The van der Waals surface area contributed by atoms with Crippen molar-refractivity contribution in [3.05, 3.63) is 47.5 Å². The van der Waals surface area contributed by atoms with E-state index in [-0.39, 0.29) is 10.9 Å². The molecule has 130 valence electrons. The number of ether oxygens (including phenoxy) is 1. The minimum atomic E-state index is -3.70. The second kappa shape index (κ2) is 6.24. The summed E-state index contributed by atoms with van der Waals surface area (Å²) >= 11 is 6.13. The van der Waals surface area contributed by atoms with Crippen LogP contribution in [0, 0.1) is 5.92 Å². The van der Waals surface area contributed by atoms with Crippen molar-refractivity contribution in [2.75, 3.05) is 11.9 Å². The third kappa shape index (κ3) is 3.43. The van der Waals surface area contributed by atoms with Gasteiger partial charge in [-0.15, -0.1) is 0 Å². The molecule has 2 aromatic rings. The SMILES string of the molecule is O=S1(=O)NC(=NCC2CC2)Nc2c(Oc3ccccc3Cl)cccc21. The van der Waals surface area contributed by atoms with Crippen molar-refractivity contribution in [1.29, 1.82) is 0 Å². The van der Waals surface area contributed by atoms with Crippen LogP contribution in [0.25, 0.3) is 0 Å². The van der Waals surface area contributed by atoms with E-state index in [4.69, 9.17) is 16.3 Å². The number of guanidine groups is 1. The molecule has 2 aromatic carbocycles. The Morgan fingerprint density at radius 1 is 1.12 bits per heavy atom. The molecule has 0 unspecified atom stereocenters. The topological polar surface area (TPSA) is 79.8 Å². The van der Waals surface area contributed by atoms with Crippen molar-refractivity contribution < 1.29 is 13.2 Å². The number of aliphatic imine (C=N–C) groups is 1. The van der Waals surface area contributed by atoms with Crippen molar-refractivity contribution in [1.82, 2.24) is 4.72 Å². The van der Waals surface area contributed by atoms with Gasteiger partial charge < -0.3 is 10.1 Å². The number of rotatable bonds is 4. The molecule has 6 nitrogen and oxygen atoms in total. The summed E-state index contributed by atoms with van der Waals surface area (Å²) in [5.41, 5.74) is 0.357. The number of hydrogen-bond acceptors (Lipinski definition) is 4. The number of halogens is 1. The highest BCUT2D eigenvalue weighted by Gasteiger charge is 2.30. The van der Waals surface area contributed by atoms with Crippen molar-refractivity contribution in [3.63, 3.8) is 0 Å². The van der Waals surface area contributed by atoms with E-state index in [9.17, 15) is 8.42 Å². The zero-order chi connectivity index (χ0) is 17.4. The molecule has 0 radical (unpaired) electrons. The monoisotopic (exact) mass is 377 g/mol. The molecule has 25 heavy (non-hydrogen) atoms. The number of nitrogens with zero attached hydrogens (tertiary/aromatic N) is 1. The Bertz CT molecular complexity index is 955. The Kier molecular flexibility index (Phi) is 4.05. The molecule has 1 aliphatic heterocycles. The number of sulfonamides is 1. The van der Waals surface area contributed by atoms with E-state index < -0.39 is 10.0 Å². The van der Waals surface area contributed by atoms with Gasteiger partial charge in [0.1, 0.15) is 16.3 Å². The van der Waals surface area contributed by atoms with E-state index >= 15 is 0 Å². The molecule has 8 heteroatoms. The highest BCUT2D eigenvalue weighted by Crippen LogP contribution is 2.38. The van der Waals surface area contributed by atoms with Crippen LogP contribution >= 0.6 is 11.6 Å². The summed E-state index contributed by atoms with van der Waals surface area (Å²) in [6, 6.07) is 11.9. The Hall–Kier alpha value is -2.25. The van der Waals surface area contributed by atoms with E-state index in [2.05, 4.69) is 15.0 Å². The maximum absolute atomic E-state index is 12.5. The first kappa shape index (κ1) is 16.2. The van der Waals surface area contributed by atoms with Crippen LogP contribution in [0.5, 0.6) is 11.5 Å². The third-order valence-corrected chi connectivity index (χ3v) is 5.71. The minimum absolute atomic E-state index is 0.113. The molecule has 1 saturated carbocycles. The molecule has 0 spiro atoms. The zero-order valence-corrected chi connectivity index (χ0v) is 14.8. The first-order valence-corrected chi connectivity index (χ1v) is 9.79. The Balaban J connectivity index is 1.71. The molecule has 0 saturated heterocycles. The van der Waals surface area contributed by atoms with Gasteiger partial charge in [-0.3, -0.25) is 4.99 Å². The summed E-state index contributed by atoms with van der Waals surface area (Å²) < 4.78 is 33.3. The van der Waals surface area contributed by atoms with Crippen molar-refractivity contribution >= 4 is 33.3 Å². The van der Waals surface area contributed by atoms with Crippen LogP contribution in [0.1, 0.15) is 12.8 Å². The van der Waals surface area contributed by atoms with Crippen LogP contribution in [-0.2, 0) is 10.0 Å². The summed E-state index contributed by atoms with van der Waals surface area (Å²) in [6.45, 7) is 0.605. The predicted molar refractivity (Wildman–Crippen MR) is 96.9 cm³/mol. The third-order valence-electron chi connectivity index (χ3n) is 4.01. The van der Waals surface area contributed by atoms with Crippen LogP contribution in [0.2, 0.25) is 5.02 Å². The number of fused-ring (bicyclic) bond motifs is 1. The highest BCUT2D eigenvalue weighted by molar-refractivity contribution is 7.90. The Morgan fingerprint density at radius 3 is 2.64 bits per heavy atom. The molecular weight excluding hydrogens is 362 g/mol. The van der Waals surface area contributed by atoms with Crippen LogP contribution in [-0.4, -0.2) is 20.9 Å². The molecule has 1 fully saturated rings. The number of hydrogen-bond donors (Lipinski definition) is 2. The number of benzene rings is 2. The fourth-order valence-electron chi connectivity index (χ4n) is 2.51. The second-order valence-electron chi connectivity index (χ2n) is 6.02. The molecule has 0 aromatic heterocycles. The van der Waals surface area contributed by atoms with E-state index in [1.165, 1.54) is 6.07 Å². The molecule has 1 heterocycles. The quantitative estimate of drug-likeness (QED) is 0.853. The van der Waals surface area contributed by atoms with Gasteiger partial charge in [-0.2, -0.15) is 0 Å². The molecule has 2 aliphatic rings. The lowest BCUT2D eigenvalue weighted by Gasteiger charge is -2.23. The molecular formula is C17H16ClN3O3S. The Morgan fingerprint density at radius 2 is 1.88 bits per heavy atom. The minimum Gasteiger partial charge on any atom is -0.454 e. The summed E-state index contributed by atoms with van der Waals surface area (Å²) in [5.74, 6) is 1.59. The first-order chi connectivity index (χ1) is 12.0. The average Bonchev–Trinajstić information content (AvgIpc) is 3.40. The number of nitrogens with one attached hydrogen (secondary N) is 2. The summed E-state index contributed by atoms with van der Waals surface area (Å²) in [7, 11) is -3.70. The van der Waals surface area contributed by atoms with Gasteiger partial charge in [0.15, 0.2) is 5.75 Å². The van der Waals surface area contributed by atoms with Gasteiger partial charge in [-0.25, -0.2) is 13.1 Å². The second-order valence-corrected chi connectivity index (χ2v) is 8.08. The summed E-state index contributed by atoms with van der Waals surface area (Å²) in [6.07, 6.45) is 2.28. The highest BCUT2D eigenvalue weighted by atomic mass is 35.5. The lowest BCUT2D eigenvalue weighted by molar-refractivity contribution is 0.483. The molecule has 2 N–H and O–H groups in total. The van der Waals surface area contributed by atoms with Crippen molar-refractivity contribution in [2.24, 2.45) is 10.9 Å². The average molecular weight is 378 g/mol. The lowest BCUT2D eigenvalue weighted by atomic mass is 10.2. The summed E-state index contributed by atoms with van der Waals surface area (Å²) in [4.78, 5) is 4.45. The van der Waals surface area contributed by atoms with Crippen molar-refractivity contribution in [2.45, 2.75) is 17.7 Å². The van der Waals surface area contributed by atoms with Gasteiger partial charge in [-0.1, -0.05) is 29.8 Å². The molecule has 0 atom stereocenters. The zero-order valence-electron chi connectivity index (χ0n) is 13.2. The standard InChI is InChI=1S/C17H16ClN3O3S/c18-12-4-1-2-5-13(12)24-14-6-3-7-15-16(14)20-17(21-25(15,22)23)19-10-11-8-9-11/h1-7,11H,8-10H2,(H2,19,20,21). The smallest absolute Gasteiger partial charge is 0.266 e. The van der Waals surface area contributed by atoms with E-state index in [1.54, 1.807) is 36.4 Å². The lowest BCUT2D eigenvalue weighted by Crippen LogP contribution is -2.41.